The molecule has 13 heavy (non-hydrogen) atoms. The van der Waals surface area contributed by atoms with E-state index in [0.29, 0.717) is 0 Å². The minimum absolute atomic E-state index is 0.0763. The summed E-state index contributed by atoms with van der Waals surface area (Å²) in [7, 11) is 0. The Labute approximate surface area is 80.7 Å². The Balaban J connectivity index is 2.52. The van der Waals surface area contributed by atoms with E-state index < -0.39 is 0 Å². The predicted molar refractivity (Wildman–Crippen MR) is 54.3 cm³/mol. The van der Waals surface area contributed by atoms with Crippen LogP contribution in [0, 0.1) is 12.3 Å². The lowest BCUT2D eigenvalue weighted by Gasteiger charge is -2.30. The van der Waals surface area contributed by atoms with Crippen LogP contribution >= 0.6 is 0 Å². The normalized spacial score (nSPS) is 22.5. The summed E-state index contributed by atoms with van der Waals surface area (Å²) >= 11 is 0. The molecule has 0 amide bonds. The van der Waals surface area contributed by atoms with Crippen molar-refractivity contribution in [1.82, 2.24) is 5.32 Å². The molecule has 2 N–H and O–H groups in total. The predicted octanol–water partition coefficient (Wildman–Crippen LogP) is 1.29. The number of hydrogen-bond donors (Lipinski definition) is 2. The van der Waals surface area contributed by atoms with Crippen molar-refractivity contribution in [1.29, 1.82) is 0 Å². The lowest BCUT2D eigenvalue weighted by atomic mass is 9.97. The van der Waals surface area contributed by atoms with E-state index in [2.05, 4.69) is 18.2 Å². The molecule has 1 unspecified atom stereocenters. The van der Waals surface area contributed by atoms with Crippen LogP contribution in [-0.2, 0) is 0 Å². The summed E-state index contributed by atoms with van der Waals surface area (Å²) in [5, 5.41) is 12.7. The lowest BCUT2D eigenvalue weighted by molar-refractivity contribution is 0.157. The van der Waals surface area contributed by atoms with Crippen LogP contribution in [0.3, 0.4) is 0 Å². The first-order valence-electron chi connectivity index (χ1n) is 5.11. The van der Waals surface area contributed by atoms with Crippen molar-refractivity contribution in [3.05, 3.63) is 0 Å². The second-order valence-electron chi connectivity index (χ2n) is 3.92. The first-order chi connectivity index (χ1) is 6.26. The molecule has 0 aliphatic heterocycles. The Morgan fingerprint density at radius 1 is 1.54 bits per heavy atom. The minimum atomic E-state index is -0.0763. The summed E-state index contributed by atoms with van der Waals surface area (Å²) in [4.78, 5) is 0. The van der Waals surface area contributed by atoms with Crippen LogP contribution in [-0.4, -0.2) is 23.3 Å². The van der Waals surface area contributed by atoms with E-state index in [-0.39, 0.29) is 18.2 Å². The summed E-state index contributed by atoms with van der Waals surface area (Å²) in [5.41, 5.74) is -0.0763. The van der Waals surface area contributed by atoms with Crippen LogP contribution in [0.2, 0.25) is 0 Å². The Bertz CT molecular complexity index is 189. The monoisotopic (exact) mass is 181 g/mol. The van der Waals surface area contributed by atoms with Crippen molar-refractivity contribution in [2.75, 3.05) is 6.61 Å². The molecule has 74 valence electrons. The van der Waals surface area contributed by atoms with E-state index in [9.17, 15) is 5.11 Å². The molecule has 0 bridgehead atoms. The van der Waals surface area contributed by atoms with Gasteiger partial charge in [0.25, 0.3) is 0 Å². The SMILES string of the molecule is C#CC(CC)NC1(CO)CCCC1. The first-order valence-corrected chi connectivity index (χ1v) is 5.11. The molecule has 0 spiro atoms. The van der Waals surface area contributed by atoms with Crippen LogP contribution in [0.4, 0.5) is 0 Å². The molecule has 2 heteroatoms. The van der Waals surface area contributed by atoms with Crippen molar-refractivity contribution < 1.29 is 5.11 Å². The van der Waals surface area contributed by atoms with Crippen LogP contribution in [0.15, 0.2) is 0 Å². The zero-order valence-corrected chi connectivity index (χ0v) is 8.34. The maximum atomic E-state index is 9.33. The van der Waals surface area contributed by atoms with Crippen molar-refractivity contribution in [3.8, 4) is 12.3 Å². The van der Waals surface area contributed by atoms with Gasteiger partial charge >= 0.3 is 0 Å². The molecule has 1 aliphatic rings. The third-order valence-corrected chi connectivity index (χ3v) is 2.95. The second kappa shape index (κ2) is 4.64. The molecule has 0 aromatic rings. The standard InChI is InChI=1S/C11H19NO/c1-3-10(4-2)12-11(9-13)7-5-6-8-11/h1,10,12-13H,4-9H2,2H3. The van der Waals surface area contributed by atoms with Gasteiger partial charge in [0.1, 0.15) is 0 Å². The Hall–Kier alpha value is -0.520. The van der Waals surface area contributed by atoms with Gasteiger partial charge in [0, 0.05) is 5.54 Å². The number of terminal acetylenes is 1. The van der Waals surface area contributed by atoms with Crippen LogP contribution < -0.4 is 5.32 Å². The van der Waals surface area contributed by atoms with Crippen molar-refractivity contribution >= 4 is 0 Å². The highest BCUT2D eigenvalue weighted by atomic mass is 16.3. The van der Waals surface area contributed by atoms with E-state index in [4.69, 9.17) is 6.42 Å². The molecule has 0 aromatic carbocycles. The Morgan fingerprint density at radius 2 is 2.15 bits per heavy atom. The van der Waals surface area contributed by atoms with Gasteiger partial charge in [-0.15, -0.1) is 6.42 Å². The summed E-state index contributed by atoms with van der Waals surface area (Å²) in [6.45, 7) is 2.28. The molecule has 1 fully saturated rings. The number of aliphatic hydroxyl groups is 1. The summed E-state index contributed by atoms with van der Waals surface area (Å²) < 4.78 is 0. The third kappa shape index (κ3) is 2.46. The fourth-order valence-corrected chi connectivity index (χ4v) is 2.03. The largest absolute Gasteiger partial charge is 0.394 e. The van der Waals surface area contributed by atoms with Crippen molar-refractivity contribution in [3.63, 3.8) is 0 Å². The average Bonchev–Trinajstić information content (AvgIpc) is 2.63. The fourth-order valence-electron chi connectivity index (χ4n) is 2.03. The third-order valence-electron chi connectivity index (χ3n) is 2.95. The van der Waals surface area contributed by atoms with Crippen LogP contribution in [0.25, 0.3) is 0 Å². The molecular weight excluding hydrogens is 162 g/mol. The highest BCUT2D eigenvalue weighted by Gasteiger charge is 2.33. The van der Waals surface area contributed by atoms with E-state index >= 15 is 0 Å². The molecule has 0 aromatic heterocycles. The zero-order valence-electron chi connectivity index (χ0n) is 8.34. The highest BCUT2D eigenvalue weighted by Crippen LogP contribution is 2.29. The van der Waals surface area contributed by atoms with Gasteiger partial charge in [-0.3, -0.25) is 5.32 Å². The molecule has 0 radical (unpaired) electrons. The maximum Gasteiger partial charge on any atom is 0.0689 e. The fraction of sp³-hybridized carbons (Fsp3) is 0.818. The molecule has 2 nitrogen and oxygen atoms in total. The smallest absolute Gasteiger partial charge is 0.0689 e. The van der Waals surface area contributed by atoms with Gasteiger partial charge in [-0.25, -0.2) is 0 Å². The van der Waals surface area contributed by atoms with Crippen molar-refractivity contribution in [2.45, 2.75) is 50.6 Å². The Morgan fingerprint density at radius 3 is 2.54 bits per heavy atom. The van der Waals surface area contributed by atoms with Crippen molar-refractivity contribution in [2.24, 2.45) is 0 Å². The van der Waals surface area contributed by atoms with E-state index in [1.54, 1.807) is 0 Å². The van der Waals surface area contributed by atoms with E-state index in [1.807, 2.05) is 0 Å². The average molecular weight is 181 g/mol. The minimum Gasteiger partial charge on any atom is -0.394 e. The van der Waals surface area contributed by atoms with Gasteiger partial charge in [-0.1, -0.05) is 25.7 Å². The molecule has 1 saturated carbocycles. The molecule has 0 heterocycles. The maximum absolute atomic E-state index is 9.33. The number of hydrogen-bond acceptors (Lipinski definition) is 2. The van der Waals surface area contributed by atoms with Gasteiger partial charge in [-0.05, 0) is 19.3 Å². The summed E-state index contributed by atoms with van der Waals surface area (Å²) in [6.07, 6.45) is 10.8. The lowest BCUT2D eigenvalue weighted by Crippen LogP contribution is -2.50. The zero-order chi connectivity index (χ0) is 9.73. The summed E-state index contributed by atoms with van der Waals surface area (Å²) in [5.74, 6) is 2.72. The van der Waals surface area contributed by atoms with E-state index in [0.717, 1.165) is 19.3 Å². The summed E-state index contributed by atoms with van der Waals surface area (Å²) in [6, 6.07) is 0.116. The molecule has 1 atom stereocenters. The molecule has 1 rings (SSSR count). The van der Waals surface area contributed by atoms with Gasteiger partial charge in [0.2, 0.25) is 0 Å². The van der Waals surface area contributed by atoms with Gasteiger partial charge in [0.05, 0.1) is 12.6 Å². The number of rotatable bonds is 4. The Kier molecular flexibility index (Phi) is 3.77. The molecule has 1 aliphatic carbocycles. The number of nitrogens with one attached hydrogen (secondary N) is 1. The number of aliphatic hydroxyl groups excluding tert-OH is 1. The first kappa shape index (κ1) is 10.6. The van der Waals surface area contributed by atoms with Gasteiger partial charge in [-0.2, -0.15) is 0 Å². The highest BCUT2D eigenvalue weighted by molar-refractivity contribution is 5.04. The second-order valence-corrected chi connectivity index (χ2v) is 3.92. The van der Waals surface area contributed by atoms with Crippen LogP contribution in [0.5, 0.6) is 0 Å². The van der Waals surface area contributed by atoms with E-state index in [1.165, 1.54) is 12.8 Å². The van der Waals surface area contributed by atoms with Gasteiger partial charge < -0.3 is 5.11 Å². The van der Waals surface area contributed by atoms with Gasteiger partial charge in [0.15, 0.2) is 0 Å². The molecular formula is C11H19NO. The van der Waals surface area contributed by atoms with Crippen LogP contribution in [0.1, 0.15) is 39.0 Å². The molecule has 0 saturated heterocycles. The quantitative estimate of drug-likeness (QED) is 0.641. The topological polar surface area (TPSA) is 32.3 Å².